The summed E-state index contributed by atoms with van der Waals surface area (Å²) in [6, 6.07) is 0.610. The quantitative estimate of drug-likeness (QED) is 0.531. The van der Waals surface area contributed by atoms with Crippen molar-refractivity contribution in [3.63, 3.8) is 0 Å². The Hall–Kier alpha value is -0.300. The van der Waals surface area contributed by atoms with Crippen LogP contribution in [0.25, 0.3) is 0 Å². The standard InChI is InChI=1S/C8H15N.H2/c1-7(2)8-5-3-4-6-9-8;/h8-9H,1,3-6H2,2H3;1H. The van der Waals surface area contributed by atoms with Crippen molar-refractivity contribution in [2.24, 2.45) is 0 Å². The van der Waals surface area contributed by atoms with Crippen LogP contribution in [0.5, 0.6) is 0 Å². The molecule has 1 rings (SSSR count). The van der Waals surface area contributed by atoms with E-state index in [1.807, 2.05) is 0 Å². The second-order valence-electron chi connectivity index (χ2n) is 2.85. The third-order valence-corrected chi connectivity index (χ3v) is 1.91. The zero-order chi connectivity index (χ0) is 6.69. The number of hydrogen-bond donors (Lipinski definition) is 1. The Kier molecular flexibility index (Phi) is 2.29. The van der Waals surface area contributed by atoms with Crippen LogP contribution < -0.4 is 5.32 Å². The highest BCUT2D eigenvalue weighted by Crippen LogP contribution is 2.11. The molecule has 0 radical (unpaired) electrons. The largest absolute Gasteiger partial charge is 0.310 e. The highest BCUT2D eigenvalue weighted by Gasteiger charge is 2.11. The van der Waals surface area contributed by atoms with E-state index in [1.165, 1.54) is 31.4 Å². The second-order valence-corrected chi connectivity index (χ2v) is 2.85. The smallest absolute Gasteiger partial charge is 0.0274 e. The molecule has 1 fully saturated rings. The van der Waals surface area contributed by atoms with Crippen molar-refractivity contribution < 1.29 is 1.43 Å². The summed E-state index contributed by atoms with van der Waals surface area (Å²) in [5.41, 5.74) is 1.29. The molecule has 1 N–H and O–H groups in total. The lowest BCUT2D eigenvalue weighted by Gasteiger charge is -2.23. The van der Waals surface area contributed by atoms with Crippen LogP contribution >= 0.6 is 0 Å². The summed E-state index contributed by atoms with van der Waals surface area (Å²) in [7, 11) is 0. The fourth-order valence-corrected chi connectivity index (χ4v) is 1.27. The lowest BCUT2D eigenvalue weighted by atomic mass is 10.00. The van der Waals surface area contributed by atoms with Gasteiger partial charge in [0, 0.05) is 7.47 Å². The van der Waals surface area contributed by atoms with E-state index in [0.717, 1.165) is 0 Å². The van der Waals surface area contributed by atoms with Crippen molar-refractivity contribution in [3.8, 4) is 0 Å². The maximum atomic E-state index is 3.92. The second kappa shape index (κ2) is 3.02. The monoisotopic (exact) mass is 127 g/mol. The van der Waals surface area contributed by atoms with Crippen LogP contribution in [0.15, 0.2) is 12.2 Å². The van der Waals surface area contributed by atoms with Gasteiger partial charge in [0.1, 0.15) is 0 Å². The van der Waals surface area contributed by atoms with E-state index in [9.17, 15) is 0 Å². The first-order valence-electron chi connectivity index (χ1n) is 3.69. The topological polar surface area (TPSA) is 12.0 Å². The predicted molar refractivity (Wildman–Crippen MR) is 42.6 cm³/mol. The average molecular weight is 127 g/mol. The molecule has 0 aromatic carbocycles. The summed E-state index contributed by atoms with van der Waals surface area (Å²) < 4.78 is 0. The van der Waals surface area contributed by atoms with Crippen LogP contribution in [-0.2, 0) is 0 Å². The van der Waals surface area contributed by atoms with Gasteiger partial charge in [-0.1, -0.05) is 18.6 Å². The maximum Gasteiger partial charge on any atom is 0.0274 e. The molecule has 1 aliphatic heterocycles. The zero-order valence-corrected chi connectivity index (χ0v) is 6.11. The first kappa shape index (κ1) is 6.81. The van der Waals surface area contributed by atoms with Crippen molar-refractivity contribution >= 4 is 0 Å². The van der Waals surface area contributed by atoms with E-state index in [0.29, 0.717) is 6.04 Å². The van der Waals surface area contributed by atoms with Crippen molar-refractivity contribution in [3.05, 3.63) is 12.2 Å². The molecular formula is C8H17N. The summed E-state index contributed by atoms with van der Waals surface area (Å²) in [5.74, 6) is 0. The van der Waals surface area contributed by atoms with Crippen molar-refractivity contribution in [2.45, 2.75) is 32.2 Å². The number of piperidine rings is 1. The molecule has 0 aliphatic carbocycles. The van der Waals surface area contributed by atoms with Crippen LogP contribution in [0.1, 0.15) is 27.6 Å². The molecule has 9 heavy (non-hydrogen) atoms. The molecule has 1 atom stereocenters. The van der Waals surface area contributed by atoms with E-state index >= 15 is 0 Å². The van der Waals surface area contributed by atoms with Crippen molar-refractivity contribution in [1.82, 2.24) is 5.32 Å². The molecular weight excluding hydrogens is 110 g/mol. The van der Waals surface area contributed by atoms with Gasteiger partial charge < -0.3 is 5.32 Å². The molecule has 0 amide bonds. The fraction of sp³-hybridized carbons (Fsp3) is 0.750. The molecule has 0 aromatic heterocycles. The average Bonchev–Trinajstić information content (AvgIpc) is 1.90. The molecule has 1 aliphatic rings. The van der Waals surface area contributed by atoms with E-state index in [4.69, 9.17) is 0 Å². The Morgan fingerprint density at radius 3 is 2.78 bits per heavy atom. The summed E-state index contributed by atoms with van der Waals surface area (Å²) in [5, 5.41) is 3.42. The van der Waals surface area contributed by atoms with Crippen LogP contribution in [0, 0.1) is 0 Å². The Bertz CT molecular complexity index is 106. The third-order valence-electron chi connectivity index (χ3n) is 1.91. The number of nitrogens with one attached hydrogen (secondary N) is 1. The van der Waals surface area contributed by atoms with Crippen LogP contribution in [0.4, 0.5) is 0 Å². The summed E-state index contributed by atoms with van der Waals surface area (Å²) in [6.07, 6.45) is 3.99. The molecule has 1 saturated heterocycles. The molecule has 1 heteroatoms. The predicted octanol–water partition coefficient (Wildman–Crippen LogP) is 1.95. The molecule has 0 aromatic rings. The first-order chi connectivity index (χ1) is 4.30. The molecule has 1 heterocycles. The Morgan fingerprint density at radius 2 is 2.44 bits per heavy atom. The van der Waals surface area contributed by atoms with E-state index in [1.54, 1.807) is 0 Å². The van der Waals surface area contributed by atoms with E-state index < -0.39 is 0 Å². The maximum absolute atomic E-state index is 3.92. The van der Waals surface area contributed by atoms with Gasteiger partial charge in [-0.15, -0.1) is 0 Å². The van der Waals surface area contributed by atoms with Gasteiger partial charge in [-0.3, -0.25) is 0 Å². The molecule has 1 unspecified atom stereocenters. The van der Waals surface area contributed by atoms with E-state index in [-0.39, 0.29) is 1.43 Å². The fourth-order valence-electron chi connectivity index (χ4n) is 1.27. The Labute approximate surface area is 58.6 Å². The van der Waals surface area contributed by atoms with Gasteiger partial charge in [0.05, 0.1) is 0 Å². The molecule has 0 bridgehead atoms. The molecule has 1 nitrogen and oxygen atoms in total. The van der Waals surface area contributed by atoms with Gasteiger partial charge in [-0.2, -0.15) is 0 Å². The molecule has 54 valence electrons. The minimum Gasteiger partial charge on any atom is -0.310 e. The van der Waals surface area contributed by atoms with E-state index in [2.05, 4.69) is 18.8 Å². The normalized spacial score (nSPS) is 27.9. The SMILES string of the molecule is C=C(C)C1CCCCN1.[HH]. The minimum atomic E-state index is 0. The number of rotatable bonds is 1. The lowest BCUT2D eigenvalue weighted by Crippen LogP contribution is -2.34. The van der Waals surface area contributed by atoms with Gasteiger partial charge in [-0.05, 0) is 26.3 Å². The molecule has 0 spiro atoms. The van der Waals surface area contributed by atoms with Gasteiger partial charge >= 0.3 is 0 Å². The number of hydrogen-bond acceptors (Lipinski definition) is 1. The summed E-state index contributed by atoms with van der Waals surface area (Å²) >= 11 is 0. The summed E-state index contributed by atoms with van der Waals surface area (Å²) in [6.45, 7) is 7.19. The minimum absolute atomic E-state index is 0. The lowest BCUT2D eigenvalue weighted by molar-refractivity contribution is 0.440. The summed E-state index contributed by atoms with van der Waals surface area (Å²) in [4.78, 5) is 0. The Morgan fingerprint density at radius 1 is 1.67 bits per heavy atom. The Balaban J connectivity index is 0.000000810. The zero-order valence-electron chi connectivity index (χ0n) is 6.11. The highest BCUT2D eigenvalue weighted by atomic mass is 14.9. The van der Waals surface area contributed by atoms with Crippen LogP contribution in [0.3, 0.4) is 0 Å². The van der Waals surface area contributed by atoms with Crippen molar-refractivity contribution in [2.75, 3.05) is 6.54 Å². The van der Waals surface area contributed by atoms with Gasteiger partial charge in [-0.25, -0.2) is 0 Å². The van der Waals surface area contributed by atoms with Crippen LogP contribution in [0.2, 0.25) is 0 Å². The van der Waals surface area contributed by atoms with Crippen molar-refractivity contribution in [1.29, 1.82) is 0 Å². The first-order valence-corrected chi connectivity index (χ1v) is 3.69. The highest BCUT2D eigenvalue weighted by molar-refractivity contribution is 5.02. The molecule has 0 saturated carbocycles. The van der Waals surface area contributed by atoms with Gasteiger partial charge in [0.25, 0.3) is 0 Å². The third kappa shape index (κ3) is 1.83. The van der Waals surface area contributed by atoms with Gasteiger partial charge in [0.15, 0.2) is 0 Å². The van der Waals surface area contributed by atoms with Gasteiger partial charge in [0.2, 0.25) is 0 Å². The van der Waals surface area contributed by atoms with Crippen LogP contribution in [-0.4, -0.2) is 12.6 Å².